The van der Waals surface area contributed by atoms with Gasteiger partial charge in [0, 0.05) is 16.6 Å². The molecule has 2 aromatic rings. The molecule has 0 aliphatic carbocycles. The minimum atomic E-state index is 0.143. The van der Waals surface area contributed by atoms with Crippen molar-refractivity contribution in [1.82, 2.24) is 4.98 Å². The summed E-state index contributed by atoms with van der Waals surface area (Å²) in [5.74, 6) is 0.831. The normalized spacial score (nSPS) is 12.5. The summed E-state index contributed by atoms with van der Waals surface area (Å²) in [6.07, 6.45) is 1.94. The second kappa shape index (κ2) is 6.20. The van der Waals surface area contributed by atoms with Gasteiger partial charge in [0.1, 0.15) is 11.4 Å². The number of nitrogens with zero attached hydrogens (tertiary/aromatic N) is 1. The Kier molecular flexibility index (Phi) is 4.59. The molecular formula is C16H18BrNO. The zero-order valence-corrected chi connectivity index (χ0v) is 13.0. The summed E-state index contributed by atoms with van der Waals surface area (Å²) in [5, 5.41) is 0. The number of benzene rings is 1. The van der Waals surface area contributed by atoms with Crippen molar-refractivity contribution in [1.29, 1.82) is 0 Å². The van der Waals surface area contributed by atoms with E-state index in [1.54, 1.807) is 6.20 Å². The molecule has 1 aromatic carbocycles. The highest BCUT2D eigenvalue weighted by atomic mass is 79.9. The average Bonchev–Trinajstić information content (AvgIpc) is 2.39. The molecule has 2 rings (SSSR count). The molecule has 1 heterocycles. The lowest BCUT2D eigenvalue weighted by molar-refractivity contribution is 0.242. The summed E-state index contributed by atoms with van der Waals surface area (Å²) < 4.78 is 5.81. The first kappa shape index (κ1) is 14.1. The van der Waals surface area contributed by atoms with Gasteiger partial charge in [0.25, 0.3) is 0 Å². The number of hydrogen-bond donors (Lipinski definition) is 0. The second-order valence-corrected chi connectivity index (χ2v) is 6.13. The first-order valence-electron chi connectivity index (χ1n) is 6.44. The Bertz CT molecular complexity index is 535. The van der Waals surface area contributed by atoms with Crippen LogP contribution in [0.4, 0.5) is 0 Å². The van der Waals surface area contributed by atoms with Crippen molar-refractivity contribution in [3.05, 3.63) is 48.2 Å². The molecule has 0 aliphatic rings. The van der Waals surface area contributed by atoms with E-state index in [2.05, 4.69) is 52.1 Å². The Hall–Kier alpha value is -1.35. The first-order valence-corrected chi connectivity index (χ1v) is 7.35. The minimum Gasteiger partial charge on any atom is -0.489 e. The van der Waals surface area contributed by atoms with Crippen LogP contribution in [0.15, 0.2) is 42.6 Å². The van der Waals surface area contributed by atoms with E-state index in [0.29, 0.717) is 4.83 Å². The van der Waals surface area contributed by atoms with Crippen LogP contribution < -0.4 is 4.74 Å². The average molecular weight is 320 g/mol. The molecule has 100 valence electrons. The lowest BCUT2D eigenvalue weighted by Crippen LogP contribution is -2.07. The Labute approximate surface area is 123 Å². The summed E-state index contributed by atoms with van der Waals surface area (Å²) in [5.41, 5.74) is 3.23. The maximum atomic E-state index is 5.81. The van der Waals surface area contributed by atoms with E-state index in [1.807, 2.05) is 26.0 Å². The smallest absolute Gasteiger partial charge is 0.145 e. The van der Waals surface area contributed by atoms with Crippen LogP contribution in [0.25, 0.3) is 11.3 Å². The Morgan fingerprint density at radius 1 is 1.05 bits per heavy atom. The van der Waals surface area contributed by atoms with Crippen LogP contribution in [0, 0.1) is 0 Å². The zero-order chi connectivity index (χ0) is 13.8. The number of ether oxygens (including phenoxy) is 1. The molecule has 0 spiro atoms. The number of alkyl halides is 1. The highest BCUT2D eigenvalue weighted by molar-refractivity contribution is 9.09. The molecule has 1 atom stereocenters. The summed E-state index contributed by atoms with van der Waals surface area (Å²) in [6.45, 7) is 6.15. The van der Waals surface area contributed by atoms with Crippen LogP contribution in [-0.2, 0) is 0 Å². The van der Waals surface area contributed by atoms with Crippen LogP contribution in [0.2, 0.25) is 0 Å². The maximum absolute atomic E-state index is 5.81. The fourth-order valence-electron chi connectivity index (χ4n) is 1.86. The Balaban J connectivity index is 2.35. The lowest BCUT2D eigenvalue weighted by atomic mass is 10.1. The van der Waals surface area contributed by atoms with Crippen molar-refractivity contribution in [2.75, 3.05) is 0 Å². The molecule has 19 heavy (non-hydrogen) atoms. The molecule has 1 unspecified atom stereocenters. The van der Waals surface area contributed by atoms with Gasteiger partial charge in [0.15, 0.2) is 0 Å². The molecule has 0 saturated carbocycles. The zero-order valence-electron chi connectivity index (χ0n) is 11.4. The quantitative estimate of drug-likeness (QED) is 0.740. The number of hydrogen-bond acceptors (Lipinski definition) is 2. The van der Waals surface area contributed by atoms with Gasteiger partial charge in [0.05, 0.1) is 6.10 Å². The number of rotatable bonds is 4. The van der Waals surface area contributed by atoms with Gasteiger partial charge in [-0.05, 0) is 38.5 Å². The van der Waals surface area contributed by atoms with E-state index in [0.717, 1.165) is 17.0 Å². The van der Waals surface area contributed by atoms with Crippen molar-refractivity contribution >= 4 is 15.9 Å². The van der Waals surface area contributed by atoms with Crippen LogP contribution in [0.1, 0.15) is 31.2 Å². The molecule has 0 fully saturated rings. The Morgan fingerprint density at radius 3 is 2.32 bits per heavy atom. The highest BCUT2D eigenvalue weighted by Crippen LogP contribution is 2.30. The van der Waals surface area contributed by atoms with E-state index < -0.39 is 0 Å². The number of halogens is 1. The van der Waals surface area contributed by atoms with E-state index >= 15 is 0 Å². The van der Waals surface area contributed by atoms with E-state index in [1.165, 1.54) is 5.56 Å². The largest absolute Gasteiger partial charge is 0.489 e. The Morgan fingerprint density at radius 2 is 1.74 bits per heavy atom. The maximum Gasteiger partial charge on any atom is 0.145 e. The summed E-state index contributed by atoms with van der Waals surface area (Å²) in [7, 11) is 0. The van der Waals surface area contributed by atoms with Gasteiger partial charge in [0.2, 0.25) is 0 Å². The summed E-state index contributed by atoms with van der Waals surface area (Å²) in [4.78, 5) is 4.80. The monoisotopic (exact) mass is 319 g/mol. The lowest BCUT2D eigenvalue weighted by Gasteiger charge is -2.13. The SMILES string of the molecule is CC(C)Oc1cccnc1-c1ccc(C(C)Br)cc1. The van der Waals surface area contributed by atoms with Crippen molar-refractivity contribution < 1.29 is 4.74 Å². The van der Waals surface area contributed by atoms with Gasteiger partial charge in [-0.1, -0.05) is 40.2 Å². The second-order valence-electron chi connectivity index (χ2n) is 4.75. The van der Waals surface area contributed by atoms with Crippen molar-refractivity contribution in [2.24, 2.45) is 0 Å². The van der Waals surface area contributed by atoms with Gasteiger partial charge in [-0.2, -0.15) is 0 Å². The van der Waals surface area contributed by atoms with Gasteiger partial charge >= 0.3 is 0 Å². The fraction of sp³-hybridized carbons (Fsp3) is 0.312. The predicted molar refractivity (Wildman–Crippen MR) is 82.8 cm³/mol. The fourth-order valence-corrected chi connectivity index (χ4v) is 2.17. The van der Waals surface area contributed by atoms with Crippen LogP contribution in [-0.4, -0.2) is 11.1 Å². The van der Waals surface area contributed by atoms with Crippen LogP contribution in [0.5, 0.6) is 5.75 Å². The molecule has 0 aliphatic heterocycles. The minimum absolute atomic E-state index is 0.143. The predicted octanol–water partition coefficient (Wildman–Crippen LogP) is 4.99. The molecule has 0 N–H and O–H groups in total. The van der Waals surface area contributed by atoms with Crippen LogP contribution >= 0.6 is 15.9 Å². The molecule has 0 bridgehead atoms. The third-order valence-electron chi connectivity index (χ3n) is 2.78. The molecule has 0 amide bonds. The standard InChI is InChI=1S/C16H18BrNO/c1-11(2)19-15-5-4-10-18-16(15)14-8-6-13(7-9-14)12(3)17/h4-12H,1-3H3. The first-order chi connectivity index (χ1) is 9.08. The van der Waals surface area contributed by atoms with Crippen molar-refractivity contribution in [3.8, 4) is 17.0 Å². The van der Waals surface area contributed by atoms with E-state index in [4.69, 9.17) is 4.74 Å². The van der Waals surface area contributed by atoms with Crippen LogP contribution in [0.3, 0.4) is 0 Å². The molecule has 1 aromatic heterocycles. The van der Waals surface area contributed by atoms with E-state index in [9.17, 15) is 0 Å². The van der Waals surface area contributed by atoms with Gasteiger partial charge in [-0.25, -0.2) is 0 Å². The molecule has 0 saturated heterocycles. The summed E-state index contributed by atoms with van der Waals surface area (Å²) >= 11 is 3.57. The molecule has 2 nitrogen and oxygen atoms in total. The van der Waals surface area contributed by atoms with Gasteiger partial charge in [-0.15, -0.1) is 0 Å². The molecule has 0 radical (unpaired) electrons. The van der Waals surface area contributed by atoms with Crippen molar-refractivity contribution in [3.63, 3.8) is 0 Å². The topological polar surface area (TPSA) is 22.1 Å². The van der Waals surface area contributed by atoms with Gasteiger partial charge in [-0.3, -0.25) is 4.98 Å². The molecule has 3 heteroatoms. The third kappa shape index (κ3) is 3.57. The number of aromatic nitrogens is 1. The van der Waals surface area contributed by atoms with Crippen molar-refractivity contribution in [2.45, 2.75) is 31.7 Å². The van der Waals surface area contributed by atoms with E-state index in [-0.39, 0.29) is 6.10 Å². The van der Waals surface area contributed by atoms with Gasteiger partial charge < -0.3 is 4.74 Å². The highest BCUT2D eigenvalue weighted by Gasteiger charge is 2.09. The summed E-state index contributed by atoms with van der Waals surface area (Å²) in [6, 6.07) is 12.3. The molecular weight excluding hydrogens is 302 g/mol. The third-order valence-corrected chi connectivity index (χ3v) is 3.31. The number of pyridine rings is 1.